The Morgan fingerprint density at radius 1 is 1.70 bits per heavy atom. The first-order valence-electron chi connectivity index (χ1n) is 2.44. The summed E-state index contributed by atoms with van der Waals surface area (Å²) in [6.07, 6.45) is 2.57. The van der Waals surface area contributed by atoms with Crippen LogP contribution in [0.4, 0.5) is 3.89 Å². The van der Waals surface area contributed by atoms with Gasteiger partial charge in [0.25, 0.3) is 5.16 Å². The second kappa shape index (κ2) is 2.05. The molecule has 0 amide bonds. The number of hydrogen-bond donors (Lipinski definition) is 0. The van der Waals surface area contributed by atoms with Crippen molar-refractivity contribution in [2.45, 2.75) is 5.16 Å². The van der Waals surface area contributed by atoms with Crippen molar-refractivity contribution < 1.29 is 12.3 Å². The predicted octanol–water partition coefficient (Wildman–Crippen LogP) is 0.0783. The first kappa shape index (κ1) is 7.20. The molecule has 0 unspecified atom stereocenters. The van der Waals surface area contributed by atoms with Gasteiger partial charge in [0.1, 0.15) is 0 Å². The van der Waals surface area contributed by atoms with E-state index in [0.717, 1.165) is 4.57 Å². The van der Waals surface area contributed by atoms with Gasteiger partial charge < -0.3 is 4.57 Å². The van der Waals surface area contributed by atoms with Crippen molar-refractivity contribution in [1.29, 1.82) is 0 Å². The van der Waals surface area contributed by atoms with Crippen molar-refractivity contribution in [2.24, 2.45) is 7.05 Å². The second-order valence-electron chi connectivity index (χ2n) is 1.76. The lowest BCUT2D eigenvalue weighted by atomic mass is 10.9. The molecule has 0 atom stereocenters. The fourth-order valence-electron chi connectivity index (χ4n) is 0.587. The van der Waals surface area contributed by atoms with Crippen LogP contribution >= 0.6 is 0 Å². The zero-order valence-corrected chi connectivity index (χ0v) is 5.97. The Morgan fingerprint density at radius 2 is 2.30 bits per heavy atom. The molecule has 6 heteroatoms. The van der Waals surface area contributed by atoms with Crippen LogP contribution in [-0.4, -0.2) is 18.0 Å². The highest BCUT2D eigenvalue weighted by atomic mass is 32.3. The van der Waals surface area contributed by atoms with Crippen LogP contribution in [0.1, 0.15) is 0 Å². The summed E-state index contributed by atoms with van der Waals surface area (Å²) in [6.45, 7) is 0. The van der Waals surface area contributed by atoms with Crippen molar-refractivity contribution in [2.75, 3.05) is 0 Å². The molecule has 0 saturated heterocycles. The van der Waals surface area contributed by atoms with E-state index in [0.29, 0.717) is 0 Å². The molecule has 0 radical (unpaired) electrons. The SMILES string of the molecule is Cn1ccnc1S(=O)(=O)F. The van der Waals surface area contributed by atoms with E-state index in [1.54, 1.807) is 0 Å². The third kappa shape index (κ3) is 1.15. The average Bonchev–Trinajstić information content (AvgIpc) is 2.11. The Bertz CT molecular complexity index is 329. The van der Waals surface area contributed by atoms with Crippen LogP contribution in [0.2, 0.25) is 0 Å². The highest BCUT2D eigenvalue weighted by Crippen LogP contribution is 2.06. The molecule has 0 aliphatic rings. The van der Waals surface area contributed by atoms with Gasteiger partial charge in [-0.1, -0.05) is 3.89 Å². The first-order valence-corrected chi connectivity index (χ1v) is 3.82. The third-order valence-corrected chi connectivity index (χ3v) is 1.82. The number of hydrogen-bond acceptors (Lipinski definition) is 3. The molecule has 0 aliphatic heterocycles. The van der Waals surface area contributed by atoms with Gasteiger partial charge in [-0.3, -0.25) is 0 Å². The zero-order chi connectivity index (χ0) is 7.78. The van der Waals surface area contributed by atoms with Crippen molar-refractivity contribution in [3.8, 4) is 0 Å². The van der Waals surface area contributed by atoms with Crippen molar-refractivity contribution in [3.63, 3.8) is 0 Å². The Balaban J connectivity index is 3.32. The molecular weight excluding hydrogens is 159 g/mol. The Kier molecular flexibility index (Phi) is 1.47. The van der Waals surface area contributed by atoms with Crippen LogP contribution in [0.25, 0.3) is 0 Å². The van der Waals surface area contributed by atoms with Crippen LogP contribution < -0.4 is 0 Å². The first-order chi connectivity index (χ1) is 4.52. The van der Waals surface area contributed by atoms with Gasteiger partial charge in [0.2, 0.25) is 0 Å². The molecule has 1 aromatic rings. The van der Waals surface area contributed by atoms with E-state index in [-0.39, 0.29) is 0 Å². The number of aryl methyl sites for hydroxylation is 1. The van der Waals surface area contributed by atoms with Crippen molar-refractivity contribution >= 4 is 10.2 Å². The monoisotopic (exact) mass is 164 g/mol. The summed E-state index contributed by atoms with van der Waals surface area (Å²) in [5, 5.41) is -0.562. The third-order valence-electron chi connectivity index (χ3n) is 0.995. The summed E-state index contributed by atoms with van der Waals surface area (Å²) in [4.78, 5) is 3.29. The Labute approximate surface area is 57.5 Å². The second-order valence-corrected chi connectivity index (χ2v) is 3.00. The van der Waals surface area contributed by atoms with Gasteiger partial charge >= 0.3 is 10.2 Å². The van der Waals surface area contributed by atoms with Crippen molar-refractivity contribution in [3.05, 3.63) is 12.4 Å². The lowest BCUT2D eigenvalue weighted by Gasteiger charge is -1.91. The molecular formula is C4H5FN2O2S. The Morgan fingerprint density at radius 3 is 2.50 bits per heavy atom. The van der Waals surface area contributed by atoms with Gasteiger partial charge in [-0.25, -0.2) is 4.98 Å². The average molecular weight is 164 g/mol. The Hall–Kier alpha value is -0.910. The van der Waals surface area contributed by atoms with Gasteiger partial charge in [-0.2, -0.15) is 8.42 Å². The minimum Gasteiger partial charge on any atom is -0.323 e. The maximum absolute atomic E-state index is 12.1. The fourth-order valence-corrected chi connectivity index (χ4v) is 1.18. The minimum absolute atomic E-state index is 0.562. The van der Waals surface area contributed by atoms with Gasteiger partial charge in [0.05, 0.1) is 0 Å². The molecule has 0 aromatic carbocycles. The summed E-state index contributed by atoms with van der Waals surface area (Å²) in [6, 6.07) is 0. The maximum Gasteiger partial charge on any atom is 0.366 e. The highest BCUT2D eigenvalue weighted by Gasteiger charge is 2.16. The molecule has 0 fully saturated rings. The largest absolute Gasteiger partial charge is 0.366 e. The van der Waals surface area contributed by atoms with E-state index in [1.165, 1.54) is 19.4 Å². The number of nitrogens with zero attached hydrogens (tertiary/aromatic N) is 2. The van der Waals surface area contributed by atoms with E-state index in [2.05, 4.69) is 4.98 Å². The lowest BCUT2D eigenvalue weighted by molar-refractivity contribution is 0.534. The van der Waals surface area contributed by atoms with E-state index in [4.69, 9.17) is 0 Å². The van der Waals surface area contributed by atoms with Crippen molar-refractivity contribution in [1.82, 2.24) is 9.55 Å². The summed E-state index contributed by atoms with van der Waals surface area (Å²) in [7, 11) is -3.24. The zero-order valence-electron chi connectivity index (χ0n) is 5.15. The van der Waals surface area contributed by atoms with E-state index in [1.807, 2.05) is 0 Å². The maximum atomic E-state index is 12.1. The van der Waals surface area contributed by atoms with E-state index < -0.39 is 15.4 Å². The predicted molar refractivity (Wildman–Crippen MR) is 31.5 cm³/mol. The van der Waals surface area contributed by atoms with Crippen LogP contribution in [0, 0.1) is 0 Å². The summed E-state index contributed by atoms with van der Waals surface area (Å²) in [5.41, 5.74) is 0. The smallest absolute Gasteiger partial charge is 0.323 e. The number of rotatable bonds is 1. The number of imidazole rings is 1. The molecule has 1 aromatic heterocycles. The lowest BCUT2D eigenvalue weighted by Crippen LogP contribution is -2.01. The van der Waals surface area contributed by atoms with E-state index in [9.17, 15) is 12.3 Å². The van der Waals surface area contributed by atoms with Gasteiger partial charge in [-0.05, 0) is 0 Å². The molecule has 0 N–H and O–H groups in total. The molecule has 56 valence electrons. The number of halogens is 1. The van der Waals surface area contributed by atoms with E-state index >= 15 is 0 Å². The minimum atomic E-state index is -4.64. The molecule has 1 rings (SSSR count). The molecule has 4 nitrogen and oxygen atoms in total. The van der Waals surface area contributed by atoms with Crippen LogP contribution in [0.5, 0.6) is 0 Å². The summed E-state index contributed by atoms with van der Waals surface area (Å²) in [5.74, 6) is 0. The molecule has 10 heavy (non-hydrogen) atoms. The topological polar surface area (TPSA) is 52.0 Å². The number of aromatic nitrogens is 2. The molecule has 0 spiro atoms. The molecule has 0 aliphatic carbocycles. The molecule has 1 heterocycles. The quantitative estimate of drug-likeness (QED) is 0.552. The van der Waals surface area contributed by atoms with Gasteiger partial charge in [-0.15, -0.1) is 0 Å². The fraction of sp³-hybridized carbons (Fsp3) is 0.250. The highest BCUT2D eigenvalue weighted by molar-refractivity contribution is 7.86. The summed E-state index contributed by atoms with van der Waals surface area (Å²) < 4.78 is 33.5. The van der Waals surface area contributed by atoms with Gasteiger partial charge in [0.15, 0.2) is 0 Å². The molecule has 0 bridgehead atoms. The van der Waals surface area contributed by atoms with Crippen LogP contribution in [-0.2, 0) is 17.3 Å². The normalized spacial score (nSPS) is 11.8. The van der Waals surface area contributed by atoms with Gasteiger partial charge in [0, 0.05) is 19.4 Å². The van der Waals surface area contributed by atoms with Crippen LogP contribution in [0.3, 0.4) is 0 Å². The van der Waals surface area contributed by atoms with Crippen LogP contribution in [0.15, 0.2) is 17.6 Å². The standard InChI is InChI=1S/C4H5FN2O2S/c1-7-3-2-6-4(7)10(5,8)9/h2-3H,1H3. The molecule has 0 saturated carbocycles. The summed E-state index contributed by atoms with van der Waals surface area (Å²) >= 11 is 0.